The van der Waals surface area contributed by atoms with Crippen molar-refractivity contribution < 1.29 is 17.6 Å². The molecule has 0 unspecified atom stereocenters. The summed E-state index contributed by atoms with van der Waals surface area (Å²) in [5.41, 5.74) is 1.15. The van der Waals surface area contributed by atoms with Crippen LogP contribution in [0.2, 0.25) is 0 Å². The minimum atomic E-state index is -2.93. The average Bonchev–Trinajstić information content (AvgIpc) is 2.82. The van der Waals surface area contributed by atoms with Crippen LogP contribution < -0.4 is 15.5 Å². The lowest BCUT2D eigenvalue weighted by atomic mass is 10.1. The molecule has 1 heterocycles. The average molecular weight is 343 g/mol. The van der Waals surface area contributed by atoms with Crippen LogP contribution in [0.5, 0.6) is 0 Å². The van der Waals surface area contributed by atoms with E-state index >= 15 is 0 Å². The van der Waals surface area contributed by atoms with Crippen molar-refractivity contribution in [3.63, 3.8) is 0 Å². The molecule has 128 valence electrons. The third-order valence-corrected chi connectivity index (χ3v) is 5.66. The number of urea groups is 1. The molecule has 0 aromatic heterocycles. The van der Waals surface area contributed by atoms with Gasteiger partial charge in [0.2, 0.25) is 0 Å². The highest BCUT2D eigenvalue weighted by molar-refractivity contribution is 7.91. The van der Waals surface area contributed by atoms with Gasteiger partial charge in [-0.15, -0.1) is 0 Å². The number of nitrogens with zero attached hydrogens (tertiary/aromatic N) is 1. The maximum absolute atomic E-state index is 13.8. The number of nitrogens with one attached hydrogen (secondary N) is 2. The van der Waals surface area contributed by atoms with E-state index in [4.69, 9.17) is 0 Å². The first-order valence-corrected chi connectivity index (χ1v) is 9.27. The summed E-state index contributed by atoms with van der Waals surface area (Å²) in [6, 6.07) is 4.42. The first-order valence-electron chi connectivity index (χ1n) is 7.45. The summed E-state index contributed by atoms with van der Waals surface area (Å²) in [6.45, 7) is 0.540. The van der Waals surface area contributed by atoms with E-state index < -0.39 is 9.84 Å². The highest BCUT2D eigenvalue weighted by Crippen LogP contribution is 2.18. The molecule has 2 rings (SSSR count). The molecule has 0 spiro atoms. The molecule has 8 heteroatoms. The first-order chi connectivity index (χ1) is 10.8. The van der Waals surface area contributed by atoms with Gasteiger partial charge in [0.15, 0.2) is 9.84 Å². The second kappa shape index (κ2) is 7.16. The Bertz CT molecular complexity index is 677. The van der Waals surface area contributed by atoms with E-state index in [0.717, 1.165) is 0 Å². The molecule has 23 heavy (non-hydrogen) atoms. The van der Waals surface area contributed by atoms with Crippen LogP contribution in [0.15, 0.2) is 18.2 Å². The zero-order valence-corrected chi connectivity index (χ0v) is 14.1. The van der Waals surface area contributed by atoms with Gasteiger partial charge in [0.1, 0.15) is 5.82 Å². The fourth-order valence-corrected chi connectivity index (χ4v) is 4.40. The number of benzene rings is 1. The Morgan fingerprint density at radius 1 is 1.35 bits per heavy atom. The molecule has 0 radical (unpaired) electrons. The zero-order chi connectivity index (χ0) is 17.0. The molecule has 1 fully saturated rings. The summed E-state index contributed by atoms with van der Waals surface area (Å²) in [5, 5.41) is 5.30. The van der Waals surface area contributed by atoms with Crippen molar-refractivity contribution in [1.82, 2.24) is 10.6 Å². The highest BCUT2D eigenvalue weighted by Gasteiger charge is 2.27. The van der Waals surface area contributed by atoms with Crippen LogP contribution in [-0.4, -0.2) is 46.6 Å². The summed E-state index contributed by atoms with van der Waals surface area (Å²) in [5.74, 6) is -0.0448. The molecule has 1 aromatic rings. The fraction of sp³-hybridized carbons (Fsp3) is 0.533. The molecule has 1 atom stereocenters. The van der Waals surface area contributed by atoms with Gasteiger partial charge in [0, 0.05) is 27.2 Å². The van der Waals surface area contributed by atoms with Gasteiger partial charge in [-0.3, -0.25) is 0 Å². The summed E-state index contributed by atoms with van der Waals surface area (Å²) >= 11 is 0. The predicted molar refractivity (Wildman–Crippen MR) is 87.7 cm³/mol. The van der Waals surface area contributed by atoms with Crippen LogP contribution in [0, 0.1) is 11.7 Å². The minimum absolute atomic E-state index is 0.0254. The first kappa shape index (κ1) is 17.5. The van der Waals surface area contributed by atoms with Crippen LogP contribution in [0.3, 0.4) is 0 Å². The summed E-state index contributed by atoms with van der Waals surface area (Å²) < 4.78 is 36.5. The number of hydrogen-bond donors (Lipinski definition) is 2. The van der Waals surface area contributed by atoms with Crippen molar-refractivity contribution in [2.24, 2.45) is 5.92 Å². The Labute approximate surface area is 136 Å². The highest BCUT2D eigenvalue weighted by atomic mass is 32.2. The van der Waals surface area contributed by atoms with Crippen LogP contribution in [0.25, 0.3) is 0 Å². The third-order valence-electron chi connectivity index (χ3n) is 3.83. The molecular weight excluding hydrogens is 321 g/mol. The number of rotatable bonds is 5. The molecule has 0 saturated carbocycles. The Balaban J connectivity index is 1.77. The molecule has 0 bridgehead atoms. The van der Waals surface area contributed by atoms with Gasteiger partial charge in [-0.2, -0.15) is 0 Å². The standard InChI is InChI=1S/C15H22FN3O3S/c1-19(2)14-4-3-11(7-13(14)16)8-17-15(20)18-9-12-5-6-23(21,22)10-12/h3-4,7,12H,5-6,8-10H2,1-2H3,(H2,17,18,20)/t12-/m1/s1. The van der Waals surface area contributed by atoms with Crippen molar-refractivity contribution in [3.8, 4) is 0 Å². The molecule has 1 aliphatic heterocycles. The molecule has 1 saturated heterocycles. The van der Waals surface area contributed by atoms with E-state index in [1.807, 2.05) is 0 Å². The lowest BCUT2D eigenvalue weighted by molar-refractivity contribution is 0.239. The maximum atomic E-state index is 13.8. The Morgan fingerprint density at radius 2 is 2.09 bits per heavy atom. The quantitative estimate of drug-likeness (QED) is 0.840. The number of carbonyl (C=O) groups excluding carboxylic acids is 1. The molecule has 2 N–H and O–H groups in total. The second-order valence-corrected chi connectivity index (χ2v) is 8.24. The summed E-state index contributed by atoms with van der Waals surface area (Å²) in [7, 11) is 0.582. The Kier molecular flexibility index (Phi) is 5.46. The fourth-order valence-electron chi connectivity index (χ4n) is 2.54. The van der Waals surface area contributed by atoms with Gasteiger partial charge in [0.05, 0.1) is 17.2 Å². The van der Waals surface area contributed by atoms with Crippen molar-refractivity contribution in [1.29, 1.82) is 0 Å². The number of carbonyl (C=O) groups is 1. The monoisotopic (exact) mass is 343 g/mol. The van der Waals surface area contributed by atoms with Crippen LogP contribution >= 0.6 is 0 Å². The largest absolute Gasteiger partial charge is 0.375 e. The van der Waals surface area contributed by atoms with Gasteiger partial charge >= 0.3 is 6.03 Å². The number of halogens is 1. The van der Waals surface area contributed by atoms with Gasteiger partial charge in [-0.1, -0.05) is 6.07 Å². The van der Waals surface area contributed by atoms with Crippen molar-refractivity contribution in [2.75, 3.05) is 37.0 Å². The smallest absolute Gasteiger partial charge is 0.315 e. The molecule has 1 aromatic carbocycles. The van der Waals surface area contributed by atoms with Crippen molar-refractivity contribution >= 4 is 21.6 Å². The second-order valence-electron chi connectivity index (χ2n) is 6.01. The number of amides is 2. The van der Waals surface area contributed by atoms with E-state index in [0.29, 0.717) is 24.2 Å². The molecule has 0 aliphatic carbocycles. The molecular formula is C15H22FN3O3S. The minimum Gasteiger partial charge on any atom is -0.375 e. The van der Waals surface area contributed by atoms with Gasteiger partial charge in [-0.05, 0) is 30.0 Å². The van der Waals surface area contributed by atoms with E-state index in [1.54, 1.807) is 31.1 Å². The molecule has 1 aliphatic rings. The van der Waals surface area contributed by atoms with Crippen LogP contribution in [0.1, 0.15) is 12.0 Å². The number of hydrogen-bond acceptors (Lipinski definition) is 4. The van der Waals surface area contributed by atoms with Crippen LogP contribution in [0.4, 0.5) is 14.9 Å². The van der Waals surface area contributed by atoms with E-state index in [-0.39, 0.29) is 35.8 Å². The lowest BCUT2D eigenvalue weighted by Gasteiger charge is -2.15. The molecule has 6 nitrogen and oxygen atoms in total. The zero-order valence-electron chi connectivity index (χ0n) is 13.3. The summed E-state index contributed by atoms with van der Waals surface area (Å²) in [4.78, 5) is 13.4. The molecule has 2 amide bonds. The maximum Gasteiger partial charge on any atom is 0.315 e. The van der Waals surface area contributed by atoms with Gasteiger partial charge in [-0.25, -0.2) is 17.6 Å². The third kappa shape index (κ3) is 5.09. The summed E-state index contributed by atoms with van der Waals surface area (Å²) in [6.07, 6.45) is 0.583. The topological polar surface area (TPSA) is 78.5 Å². The van der Waals surface area contributed by atoms with Crippen molar-refractivity contribution in [3.05, 3.63) is 29.6 Å². The van der Waals surface area contributed by atoms with E-state index in [9.17, 15) is 17.6 Å². The van der Waals surface area contributed by atoms with Gasteiger partial charge < -0.3 is 15.5 Å². The lowest BCUT2D eigenvalue weighted by Crippen LogP contribution is -2.38. The number of sulfone groups is 1. The van der Waals surface area contributed by atoms with E-state index in [1.165, 1.54) is 6.07 Å². The Morgan fingerprint density at radius 3 is 2.65 bits per heavy atom. The van der Waals surface area contributed by atoms with Crippen LogP contribution in [-0.2, 0) is 16.4 Å². The van der Waals surface area contributed by atoms with Crippen molar-refractivity contribution in [2.45, 2.75) is 13.0 Å². The van der Waals surface area contributed by atoms with E-state index in [2.05, 4.69) is 10.6 Å². The Hall–Kier alpha value is -1.83. The van der Waals surface area contributed by atoms with Gasteiger partial charge in [0.25, 0.3) is 0 Å². The number of anilines is 1. The SMILES string of the molecule is CN(C)c1ccc(CNC(=O)NC[C@H]2CCS(=O)(=O)C2)cc1F. The predicted octanol–water partition coefficient (Wildman–Crippen LogP) is 1.13. The normalized spacial score (nSPS) is 19.3.